The predicted octanol–water partition coefficient (Wildman–Crippen LogP) is 3.64. The van der Waals surface area contributed by atoms with Crippen LogP contribution in [0.3, 0.4) is 0 Å². The number of hydrogen-bond acceptors (Lipinski definition) is 3. The summed E-state index contributed by atoms with van der Waals surface area (Å²) in [5.41, 5.74) is 0.260. The summed E-state index contributed by atoms with van der Waals surface area (Å²) in [5.74, 6) is -0.319. The molecule has 0 saturated carbocycles. The molecule has 0 spiro atoms. The van der Waals surface area contributed by atoms with Crippen LogP contribution in [0.5, 0.6) is 0 Å². The minimum Gasteiger partial charge on any atom is -0.328 e. The van der Waals surface area contributed by atoms with Crippen molar-refractivity contribution in [1.82, 2.24) is 14.5 Å². The molecular weight excluding hydrogens is 280 g/mol. The van der Waals surface area contributed by atoms with Gasteiger partial charge in [-0.05, 0) is 19.1 Å². The Balaban J connectivity index is 1.93. The van der Waals surface area contributed by atoms with E-state index in [9.17, 15) is 8.78 Å². The minimum atomic E-state index is -0.597. The lowest BCUT2D eigenvalue weighted by Gasteiger charge is -2.02. The average Bonchev–Trinajstić information content (AvgIpc) is 3.01. The summed E-state index contributed by atoms with van der Waals surface area (Å²) in [7, 11) is 0. The molecule has 6 heteroatoms. The van der Waals surface area contributed by atoms with Gasteiger partial charge >= 0.3 is 0 Å². The molecular formula is C14H11F2N3S. The van der Waals surface area contributed by atoms with E-state index >= 15 is 0 Å². The lowest BCUT2D eigenvalue weighted by atomic mass is 10.1. The smallest absolute Gasteiger partial charge is 0.135 e. The highest BCUT2D eigenvalue weighted by molar-refractivity contribution is 7.09. The van der Waals surface area contributed by atoms with Crippen LogP contribution in [0, 0.1) is 18.6 Å². The number of imidazole rings is 1. The fourth-order valence-corrected chi connectivity index (χ4v) is 2.74. The molecule has 3 aromatic rings. The van der Waals surface area contributed by atoms with Gasteiger partial charge in [0.1, 0.15) is 22.5 Å². The van der Waals surface area contributed by atoms with Crippen LogP contribution in [0.4, 0.5) is 8.78 Å². The number of aryl methyl sites for hydroxylation is 1. The van der Waals surface area contributed by atoms with E-state index in [1.807, 2.05) is 17.7 Å². The second kappa shape index (κ2) is 5.13. The van der Waals surface area contributed by atoms with E-state index in [2.05, 4.69) is 9.97 Å². The van der Waals surface area contributed by atoms with Gasteiger partial charge in [0.05, 0.1) is 17.8 Å². The molecule has 0 aliphatic carbocycles. The van der Waals surface area contributed by atoms with Gasteiger partial charge in [-0.2, -0.15) is 0 Å². The topological polar surface area (TPSA) is 30.7 Å². The van der Waals surface area contributed by atoms with Gasteiger partial charge in [-0.1, -0.05) is 6.07 Å². The molecule has 0 amide bonds. The van der Waals surface area contributed by atoms with E-state index < -0.39 is 11.6 Å². The minimum absolute atomic E-state index is 0.0719. The van der Waals surface area contributed by atoms with Crippen molar-refractivity contribution in [1.29, 1.82) is 0 Å². The highest BCUT2D eigenvalue weighted by Gasteiger charge is 2.14. The van der Waals surface area contributed by atoms with E-state index in [0.29, 0.717) is 12.2 Å². The Hall–Kier alpha value is -2.08. The molecule has 0 aliphatic rings. The number of hydrogen-bond donors (Lipinski definition) is 0. The second-order valence-corrected chi connectivity index (χ2v) is 5.27. The summed E-state index contributed by atoms with van der Waals surface area (Å²) in [6.45, 7) is 2.44. The van der Waals surface area contributed by atoms with Crippen molar-refractivity contribution in [2.24, 2.45) is 0 Å². The van der Waals surface area contributed by atoms with Crippen LogP contribution in [0.1, 0.15) is 10.8 Å². The van der Waals surface area contributed by atoms with Crippen LogP contribution in [-0.2, 0) is 6.54 Å². The molecule has 0 unspecified atom stereocenters. The molecule has 20 heavy (non-hydrogen) atoms. The number of thiazole rings is 1. The average molecular weight is 291 g/mol. The van der Waals surface area contributed by atoms with Crippen molar-refractivity contribution in [3.05, 3.63) is 58.4 Å². The Labute approximate surface area is 118 Å². The van der Waals surface area contributed by atoms with Crippen molar-refractivity contribution >= 4 is 11.3 Å². The number of halogens is 2. The second-order valence-electron chi connectivity index (χ2n) is 4.33. The SMILES string of the molecule is Cc1nccn1Cc1nc(-c2c(F)cccc2F)cs1. The molecule has 2 aromatic heterocycles. The molecule has 0 bridgehead atoms. The lowest BCUT2D eigenvalue weighted by molar-refractivity contribution is 0.588. The highest BCUT2D eigenvalue weighted by Crippen LogP contribution is 2.27. The van der Waals surface area contributed by atoms with Gasteiger partial charge in [0.15, 0.2) is 0 Å². The predicted molar refractivity (Wildman–Crippen MR) is 73.5 cm³/mol. The molecule has 0 N–H and O–H groups in total. The van der Waals surface area contributed by atoms with Crippen molar-refractivity contribution < 1.29 is 8.78 Å². The Morgan fingerprint density at radius 3 is 2.65 bits per heavy atom. The Kier molecular flexibility index (Phi) is 3.31. The third-order valence-electron chi connectivity index (χ3n) is 3.00. The van der Waals surface area contributed by atoms with E-state index in [1.54, 1.807) is 11.6 Å². The Bertz CT molecular complexity index is 728. The van der Waals surface area contributed by atoms with Crippen LogP contribution in [0.15, 0.2) is 36.0 Å². The molecule has 0 fully saturated rings. The largest absolute Gasteiger partial charge is 0.328 e. The van der Waals surface area contributed by atoms with Crippen LogP contribution in [0.2, 0.25) is 0 Å². The molecule has 0 radical (unpaired) electrons. The summed E-state index contributed by atoms with van der Waals surface area (Å²) in [4.78, 5) is 8.43. The third kappa shape index (κ3) is 2.34. The van der Waals surface area contributed by atoms with Crippen LogP contribution < -0.4 is 0 Å². The first-order valence-corrected chi connectivity index (χ1v) is 6.89. The number of nitrogens with zero attached hydrogens (tertiary/aromatic N) is 3. The standard InChI is InChI=1S/C14H11F2N3S/c1-9-17-5-6-19(9)7-13-18-12(8-20-13)14-10(15)3-2-4-11(14)16/h2-6,8H,7H2,1H3. The fraction of sp³-hybridized carbons (Fsp3) is 0.143. The van der Waals surface area contributed by atoms with Gasteiger partial charge in [-0.3, -0.25) is 0 Å². The monoisotopic (exact) mass is 291 g/mol. The van der Waals surface area contributed by atoms with Gasteiger partial charge in [0.2, 0.25) is 0 Å². The van der Waals surface area contributed by atoms with Crippen LogP contribution >= 0.6 is 11.3 Å². The first-order valence-electron chi connectivity index (χ1n) is 6.01. The normalized spacial score (nSPS) is 10.9. The first kappa shape index (κ1) is 12.9. The van der Waals surface area contributed by atoms with Crippen molar-refractivity contribution in [3.8, 4) is 11.3 Å². The van der Waals surface area contributed by atoms with Crippen LogP contribution in [-0.4, -0.2) is 14.5 Å². The van der Waals surface area contributed by atoms with Gasteiger partial charge in [0.25, 0.3) is 0 Å². The molecule has 3 rings (SSSR count). The van der Waals surface area contributed by atoms with E-state index in [-0.39, 0.29) is 5.56 Å². The molecule has 1 aromatic carbocycles. The van der Waals surface area contributed by atoms with E-state index in [0.717, 1.165) is 10.8 Å². The van der Waals surface area contributed by atoms with Crippen molar-refractivity contribution in [2.45, 2.75) is 13.5 Å². The molecule has 3 nitrogen and oxygen atoms in total. The summed E-state index contributed by atoms with van der Waals surface area (Å²) in [6, 6.07) is 3.81. The zero-order valence-electron chi connectivity index (χ0n) is 10.7. The molecule has 0 aliphatic heterocycles. The first-order chi connectivity index (χ1) is 9.65. The number of rotatable bonds is 3. The van der Waals surface area contributed by atoms with E-state index in [1.165, 1.54) is 29.5 Å². The van der Waals surface area contributed by atoms with Crippen LogP contribution in [0.25, 0.3) is 11.3 Å². The third-order valence-corrected chi connectivity index (χ3v) is 3.83. The Morgan fingerprint density at radius 2 is 2.00 bits per heavy atom. The highest BCUT2D eigenvalue weighted by atomic mass is 32.1. The number of aromatic nitrogens is 3. The number of benzene rings is 1. The maximum Gasteiger partial charge on any atom is 0.135 e. The quantitative estimate of drug-likeness (QED) is 0.737. The fourth-order valence-electron chi connectivity index (χ4n) is 1.96. The van der Waals surface area contributed by atoms with Gasteiger partial charge in [-0.15, -0.1) is 11.3 Å². The molecule has 2 heterocycles. The molecule has 102 valence electrons. The van der Waals surface area contributed by atoms with Gasteiger partial charge < -0.3 is 4.57 Å². The van der Waals surface area contributed by atoms with Gasteiger partial charge in [0, 0.05) is 17.8 Å². The zero-order valence-corrected chi connectivity index (χ0v) is 11.5. The molecule has 0 atom stereocenters. The lowest BCUT2D eigenvalue weighted by Crippen LogP contribution is -2.00. The zero-order chi connectivity index (χ0) is 14.1. The summed E-state index contributed by atoms with van der Waals surface area (Å²) in [6.07, 6.45) is 3.56. The summed E-state index contributed by atoms with van der Waals surface area (Å²) < 4.78 is 29.3. The Morgan fingerprint density at radius 1 is 1.25 bits per heavy atom. The molecule has 0 saturated heterocycles. The summed E-state index contributed by atoms with van der Waals surface area (Å²) in [5, 5.41) is 2.45. The van der Waals surface area contributed by atoms with Gasteiger partial charge in [-0.25, -0.2) is 18.7 Å². The maximum atomic E-state index is 13.7. The van der Waals surface area contributed by atoms with Crippen molar-refractivity contribution in [3.63, 3.8) is 0 Å². The van der Waals surface area contributed by atoms with Crippen molar-refractivity contribution in [2.75, 3.05) is 0 Å². The van der Waals surface area contributed by atoms with E-state index in [4.69, 9.17) is 0 Å². The maximum absolute atomic E-state index is 13.7. The summed E-state index contributed by atoms with van der Waals surface area (Å²) >= 11 is 1.38.